The van der Waals surface area contributed by atoms with Gasteiger partial charge in [0.25, 0.3) is 0 Å². The van der Waals surface area contributed by atoms with Crippen molar-refractivity contribution in [3.63, 3.8) is 0 Å². The predicted octanol–water partition coefficient (Wildman–Crippen LogP) is 2.47. The molecule has 2 heterocycles. The van der Waals surface area contributed by atoms with Crippen LogP contribution in [0.4, 0.5) is 0 Å². The maximum Gasteiger partial charge on any atom is 0.177 e. The summed E-state index contributed by atoms with van der Waals surface area (Å²) in [6, 6.07) is 5.42. The molecular formula is C17H25N3O3S. The number of methoxy groups -OCH3 is 1. The molecule has 3 rings (SSSR count). The van der Waals surface area contributed by atoms with Crippen molar-refractivity contribution in [3.05, 3.63) is 24.4 Å². The zero-order chi connectivity index (χ0) is 17.7. The number of hydrogen-bond donors (Lipinski definition) is 1. The molecule has 1 aliphatic heterocycles. The van der Waals surface area contributed by atoms with Gasteiger partial charge in [0.2, 0.25) is 0 Å². The highest BCUT2D eigenvalue weighted by Gasteiger charge is 2.18. The Labute approximate surface area is 143 Å². The van der Waals surface area contributed by atoms with Gasteiger partial charge in [-0.25, -0.2) is 8.42 Å². The number of nitrogens with one attached hydrogen (secondary N) is 1. The van der Waals surface area contributed by atoms with Crippen LogP contribution in [0.2, 0.25) is 0 Å². The Hall–Kier alpha value is -2.02. The van der Waals surface area contributed by atoms with E-state index in [1.165, 1.54) is 6.26 Å². The molecule has 0 unspecified atom stereocenters. The molecule has 0 bridgehead atoms. The maximum atomic E-state index is 12.0. The van der Waals surface area contributed by atoms with E-state index in [2.05, 4.69) is 10.3 Å². The average Bonchev–Trinajstić information content (AvgIpc) is 2.96. The molecule has 1 aromatic carbocycles. The van der Waals surface area contributed by atoms with Crippen molar-refractivity contribution < 1.29 is 13.2 Å². The Morgan fingerprint density at radius 3 is 2.67 bits per heavy atom. The molecule has 1 N–H and O–H groups in total. The molecule has 0 saturated carbocycles. The van der Waals surface area contributed by atoms with E-state index in [-0.39, 0.29) is 0 Å². The van der Waals surface area contributed by atoms with Crippen LogP contribution >= 0.6 is 0 Å². The molecular weight excluding hydrogens is 326 g/mol. The first-order valence-corrected chi connectivity index (χ1v) is 10.0. The lowest BCUT2D eigenvalue weighted by molar-refractivity contribution is 0.415. The number of ether oxygens (including phenoxy) is 1. The minimum Gasteiger partial charge on any atom is -0.497 e. The molecule has 0 atom stereocenters. The molecule has 0 amide bonds. The summed E-state index contributed by atoms with van der Waals surface area (Å²) in [4.78, 5) is 4.78. The summed E-state index contributed by atoms with van der Waals surface area (Å²) < 4.78 is 31.2. The summed E-state index contributed by atoms with van der Waals surface area (Å²) in [5.41, 5.74) is 0.829. The first kappa shape index (κ1) is 18.3. The summed E-state index contributed by atoms with van der Waals surface area (Å²) in [6.07, 6.45) is 3.93. The van der Waals surface area contributed by atoms with Gasteiger partial charge in [-0.2, -0.15) is 0 Å². The van der Waals surface area contributed by atoms with Crippen LogP contribution in [0.5, 0.6) is 5.75 Å². The number of fused-ring (bicyclic) bond motifs is 1. The molecule has 6 nitrogen and oxygen atoms in total. The van der Waals surface area contributed by atoms with Crippen LogP contribution in [-0.4, -0.2) is 45.3 Å². The van der Waals surface area contributed by atoms with Crippen LogP contribution in [0.1, 0.15) is 20.3 Å². The fourth-order valence-electron chi connectivity index (χ4n) is 2.64. The molecule has 2 aromatic rings. The zero-order valence-electron chi connectivity index (χ0n) is 14.7. The number of nitrogens with zero attached hydrogens (tertiary/aromatic N) is 2. The van der Waals surface area contributed by atoms with Gasteiger partial charge in [-0.15, -0.1) is 0 Å². The fourth-order valence-corrected chi connectivity index (χ4v) is 3.53. The van der Waals surface area contributed by atoms with E-state index in [1.54, 1.807) is 25.4 Å². The molecule has 1 aromatic heterocycles. The van der Waals surface area contributed by atoms with Crippen molar-refractivity contribution in [2.75, 3.05) is 26.5 Å². The van der Waals surface area contributed by atoms with Gasteiger partial charge in [-0.1, -0.05) is 13.8 Å². The Morgan fingerprint density at radius 2 is 2.08 bits per heavy atom. The van der Waals surface area contributed by atoms with Crippen molar-refractivity contribution in [2.24, 2.45) is 4.99 Å². The number of aromatic nitrogens is 1. The second-order valence-electron chi connectivity index (χ2n) is 5.39. The number of amidine groups is 1. The lowest BCUT2D eigenvalue weighted by Crippen LogP contribution is -2.32. The van der Waals surface area contributed by atoms with Gasteiger partial charge in [0.1, 0.15) is 11.6 Å². The highest BCUT2D eigenvalue weighted by atomic mass is 32.2. The van der Waals surface area contributed by atoms with Crippen LogP contribution in [0.25, 0.3) is 10.9 Å². The average molecular weight is 351 g/mol. The molecule has 0 radical (unpaired) electrons. The summed E-state index contributed by atoms with van der Waals surface area (Å²) in [6.45, 7) is 6.24. The molecule has 0 fully saturated rings. The van der Waals surface area contributed by atoms with Gasteiger partial charge in [-0.05, 0) is 18.6 Å². The van der Waals surface area contributed by atoms with E-state index in [0.29, 0.717) is 22.6 Å². The van der Waals surface area contributed by atoms with Gasteiger partial charge >= 0.3 is 0 Å². The van der Waals surface area contributed by atoms with Crippen molar-refractivity contribution in [1.29, 1.82) is 0 Å². The molecule has 7 heteroatoms. The Bertz CT molecular complexity index is 838. The maximum absolute atomic E-state index is 12.0. The molecule has 0 aliphatic carbocycles. The molecule has 0 spiro atoms. The Morgan fingerprint density at radius 1 is 1.33 bits per heavy atom. The SMILES string of the molecule is CC.COc1ccc2c(S(C)(=O)=O)cn(CC3=NCCCN3)c2c1. The highest BCUT2D eigenvalue weighted by Crippen LogP contribution is 2.28. The van der Waals surface area contributed by atoms with Crippen LogP contribution in [0.3, 0.4) is 0 Å². The summed E-state index contributed by atoms with van der Waals surface area (Å²) >= 11 is 0. The van der Waals surface area contributed by atoms with Gasteiger partial charge in [-0.3, -0.25) is 4.99 Å². The topological polar surface area (TPSA) is 72.7 Å². The highest BCUT2D eigenvalue weighted by molar-refractivity contribution is 7.91. The number of sulfone groups is 1. The monoisotopic (exact) mass is 351 g/mol. The van der Waals surface area contributed by atoms with E-state index in [9.17, 15) is 8.42 Å². The number of benzene rings is 1. The van der Waals surface area contributed by atoms with E-state index in [1.807, 2.05) is 24.5 Å². The van der Waals surface area contributed by atoms with Crippen molar-refractivity contribution in [3.8, 4) is 5.75 Å². The van der Waals surface area contributed by atoms with Crippen molar-refractivity contribution >= 4 is 26.6 Å². The molecule has 132 valence electrons. The summed E-state index contributed by atoms with van der Waals surface area (Å²) in [7, 11) is -1.69. The minimum atomic E-state index is -3.29. The third kappa shape index (κ3) is 3.90. The van der Waals surface area contributed by atoms with Gasteiger partial charge in [0, 0.05) is 37.0 Å². The van der Waals surface area contributed by atoms with E-state index in [4.69, 9.17) is 4.74 Å². The van der Waals surface area contributed by atoms with Crippen LogP contribution in [-0.2, 0) is 16.4 Å². The number of aliphatic imine (C=N–C) groups is 1. The first-order chi connectivity index (χ1) is 11.5. The quantitative estimate of drug-likeness (QED) is 0.918. The number of rotatable bonds is 4. The van der Waals surface area contributed by atoms with Crippen LogP contribution < -0.4 is 10.1 Å². The number of hydrogen-bond acceptors (Lipinski definition) is 5. The second kappa shape index (κ2) is 7.70. The third-order valence-corrected chi connectivity index (χ3v) is 4.86. The third-order valence-electron chi connectivity index (χ3n) is 3.74. The summed E-state index contributed by atoms with van der Waals surface area (Å²) in [5.74, 6) is 1.58. The van der Waals surface area contributed by atoms with E-state index in [0.717, 1.165) is 30.9 Å². The normalized spacial score (nSPS) is 14.4. The van der Waals surface area contributed by atoms with Gasteiger partial charge in [0.05, 0.1) is 24.1 Å². The van der Waals surface area contributed by atoms with Crippen molar-refractivity contribution in [2.45, 2.75) is 31.7 Å². The molecule has 24 heavy (non-hydrogen) atoms. The molecule has 0 saturated heterocycles. The largest absolute Gasteiger partial charge is 0.497 e. The standard InChI is InChI=1S/C15H19N3O3S.C2H6/c1-21-11-4-5-12-13(8-11)18(9-14(12)22(2,19)20)10-15-16-6-3-7-17-15;1-2/h4-5,8-9H,3,6-7,10H2,1-2H3,(H,16,17);1-2H3. The lowest BCUT2D eigenvalue weighted by atomic mass is 10.2. The van der Waals surface area contributed by atoms with Crippen LogP contribution in [0.15, 0.2) is 34.3 Å². The van der Waals surface area contributed by atoms with E-state index >= 15 is 0 Å². The fraction of sp³-hybridized carbons (Fsp3) is 0.471. The van der Waals surface area contributed by atoms with E-state index < -0.39 is 9.84 Å². The van der Waals surface area contributed by atoms with Gasteiger partial charge in [0.15, 0.2) is 9.84 Å². The Kier molecular flexibility index (Phi) is 5.88. The smallest absolute Gasteiger partial charge is 0.177 e. The molecule has 1 aliphatic rings. The lowest BCUT2D eigenvalue weighted by Gasteiger charge is -2.15. The van der Waals surface area contributed by atoms with Crippen molar-refractivity contribution in [1.82, 2.24) is 9.88 Å². The van der Waals surface area contributed by atoms with Crippen LogP contribution in [0, 0.1) is 0 Å². The van der Waals surface area contributed by atoms with Gasteiger partial charge < -0.3 is 14.6 Å². The zero-order valence-corrected chi connectivity index (χ0v) is 15.5. The minimum absolute atomic E-state index is 0.335. The first-order valence-electron chi connectivity index (χ1n) is 8.13. The predicted molar refractivity (Wildman–Crippen MR) is 97.9 cm³/mol. The summed E-state index contributed by atoms with van der Waals surface area (Å²) in [5, 5.41) is 3.97. The second-order valence-corrected chi connectivity index (χ2v) is 7.37. The Balaban J connectivity index is 0.00000100.